The first-order chi connectivity index (χ1) is 9.63. The van der Waals surface area contributed by atoms with Gasteiger partial charge in [-0.3, -0.25) is 0 Å². The Hall–Kier alpha value is -0.410. The van der Waals surface area contributed by atoms with Gasteiger partial charge in [-0.15, -0.1) is 11.3 Å². The summed E-state index contributed by atoms with van der Waals surface area (Å²) in [4.78, 5) is 6.60. The van der Waals surface area contributed by atoms with E-state index >= 15 is 0 Å². The van der Waals surface area contributed by atoms with Crippen LogP contribution in [0.15, 0.2) is 0 Å². The molecule has 1 N–H and O–H groups in total. The monoisotopic (exact) mass is 292 g/mol. The van der Waals surface area contributed by atoms with Crippen molar-refractivity contribution >= 4 is 11.3 Å². The normalized spacial score (nSPS) is 27.2. The van der Waals surface area contributed by atoms with E-state index in [-0.39, 0.29) is 0 Å². The van der Waals surface area contributed by atoms with Crippen molar-refractivity contribution in [2.45, 2.75) is 83.7 Å². The minimum atomic E-state index is 0.558. The molecule has 2 saturated carbocycles. The molecule has 1 aromatic heterocycles. The molecule has 2 fully saturated rings. The first kappa shape index (κ1) is 14.5. The van der Waals surface area contributed by atoms with Gasteiger partial charge in [-0.2, -0.15) is 0 Å². The molecule has 112 valence electrons. The maximum atomic E-state index is 5.08. The third kappa shape index (κ3) is 3.43. The molecule has 1 heterocycles. The maximum absolute atomic E-state index is 5.08. The Labute approximate surface area is 127 Å². The Morgan fingerprint density at radius 2 is 1.75 bits per heavy atom. The van der Waals surface area contributed by atoms with E-state index < -0.39 is 0 Å². The number of hydrogen-bond acceptors (Lipinski definition) is 3. The molecule has 2 nitrogen and oxygen atoms in total. The molecular formula is C17H28N2S. The first-order valence-electron chi connectivity index (χ1n) is 8.36. The van der Waals surface area contributed by atoms with E-state index in [1.807, 2.05) is 11.3 Å². The summed E-state index contributed by atoms with van der Waals surface area (Å²) < 4.78 is 0. The molecule has 0 amide bonds. The minimum absolute atomic E-state index is 0.558. The predicted molar refractivity (Wildman–Crippen MR) is 86.4 cm³/mol. The van der Waals surface area contributed by atoms with E-state index in [1.165, 1.54) is 54.1 Å². The molecule has 0 atom stereocenters. The van der Waals surface area contributed by atoms with Crippen LogP contribution < -0.4 is 5.32 Å². The lowest BCUT2D eigenvalue weighted by atomic mass is 9.83. The molecule has 1 aromatic rings. The van der Waals surface area contributed by atoms with Gasteiger partial charge in [0, 0.05) is 29.3 Å². The van der Waals surface area contributed by atoms with Crippen LogP contribution in [0.25, 0.3) is 0 Å². The summed E-state index contributed by atoms with van der Waals surface area (Å²) in [6.45, 7) is 7.86. The molecule has 0 aromatic carbocycles. The van der Waals surface area contributed by atoms with Crippen molar-refractivity contribution in [1.82, 2.24) is 10.3 Å². The van der Waals surface area contributed by atoms with Crippen molar-refractivity contribution in [2.75, 3.05) is 0 Å². The van der Waals surface area contributed by atoms with Crippen LogP contribution in [-0.4, -0.2) is 11.0 Å². The van der Waals surface area contributed by atoms with Crippen LogP contribution in [0, 0.1) is 5.92 Å². The first-order valence-corrected chi connectivity index (χ1v) is 9.18. The molecular weight excluding hydrogens is 264 g/mol. The zero-order valence-corrected chi connectivity index (χ0v) is 13.9. The molecule has 2 aliphatic rings. The highest BCUT2D eigenvalue weighted by molar-refractivity contribution is 7.11. The molecule has 0 saturated heterocycles. The second-order valence-electron chi connectivity index (χ2n) is 7.13. The molecule has 3 rings (SSSR count). The van der Waals surface area contributed by atoms with Crippen LogP contribution >= 0.6 is 11.3 Å². The SMILES string of the molecule is CC1CCC(c2nc(C3CC3)c(CNC(C)C)s2)CC1. The summed E-state index contributed by atoms with van der Waals surface area (Å²) in [6.07, 6.45) is 8.22. The maximum Gasteiger partial charge on any atom is 0.0962 e. The van der Waals surface area contributed by atoms with Gasteiger partial charge < -0.3 is 5.32 Å². The van der Waals surface area contributed by atoms with E-state index in [9.17, 15) is 0 Å². The second kappa shape index (κ2) is 6.15. The van der Waals surface area contributed by atoms with Crippen molar-refractivity contribution in [3.63, 3.8) is 0 Å². The highest BCUT2D eigenvalue weighted by Crippen LogP contribution is 2.45. The summed E-state index contributed by atoms with van der Waals surface area (Å²) in [5.41, 5.74) is 1.44. The summed E-state index contributed by atoms with van der Waals surface area (Å²) in [6, 6.07) is 0.558. The van der Waals surface area contributed by atoms with Gasteiger partial charge in [0.1, 0.15) is 0 Å². The lowest BCUT2D eigenvalue weighted by Crippen LogP contribution is -2.21. The average Bonchev–Trinajstić information content (AvgIpc) is 3.18. The van der Waals surface area contributed by atoms with E-state index in [0.717, 1.165) is 24.3 Å². The van der Waals surface area contributed by atoms with Crippen molar-refractivity contribution in [3.05, 3.63) is 15.6 Å². The van der Waals surface area contributed by atoms with E-state index in [0.29, 0.717) is 6.04 Å². The smallest absolute Gasteiger partial charge is 0.0962 e. The van der Waals surface area contributed by atoms with Crippen LogP contribution in [0.4, 0.5) is 0 Å². The molecule has 20 heavy (non-hydrogen) atoms. The van der Waals surface area contributed by atoms with E-state index in [1.54, 1.807) is 0 Å². The third-order valence-corrected chi connectivity index (χ3v) is 5.98. The van der Waals surface area contributed by atoms with Gasteiger partial charge in [-0.1, -0.05) is 33.6 Å². The van der Waals surface area contributed by atoms with E-state index in [4.69, 9.17) is 4.98 Å². The van der Waals surface area contributed by atoms with Crippen molar-refractivity contribution < 1.29 is 0 Å². The predicted octanol–water partition coefficient (Wildman–Crippen LogP) is 4.81. The largest absolute Gasteiger partial charge is 0.310 e. The van der Waals surface area contributed by atoms with Gasteiger partial charge >= 0.3 is 0 Å². The molecule has 2 aliphatic carbocycles. The topological polar surface area (TPSA) is 24.9 Å². The fourth-order valence-corrected chi connectivity index (χ4v) is 4.43. The Morgan fingerprint density at radius 1 is 1.10 bits per heavy atom. The number of nitrogens with zero attached hydrogens (tertiary/aromatic N) is 1. The lowest BCUT2D eigenvalue weighted by Gasteiger charge is -2.24. The van der Waals surface area contributed by atoms with Crippen LogP contribution in [0.3, 0.4) is 0 Å². The van der Waals surface area contributed by atoms with Crippen molar-refractivity contribution in [1.29, 1.82) is 0 Å². The van der Waals surface area contributed by atoms with E-state index in [2.05, 4.69) is 26.1 Å². The molecule has 3 heteroatoms. The molecule has 0 unspecified atom stereocenters. The van der Waals surface area contributed by atoms with Gasteiger partial charge in [0.25, 0.3) is 0 Å². The zero-order chi connectivity index (χ0) is 14.1. The van der Waals surface area contributed by atoms with Crippen molar-refractivity contribution in [3.8, 4) is 0 Å². The fraction of sp³-hybridized carbons (Fsp3) is 0.824. The van der Waals surface area contributed by atoms with Gasteiger partial charge in [0.2, 0.25) is 0 Å². The quantitative estimate of drug-likeness (QED) is 0.842. The number of hydrogen-bond donors (Lipinski definition) is 1. The van der Waals surface area contributed by atoms with Crippen LogP contribution in [-0.2, 0) is 6.54 Å². The second-order valence-corrected chi connectivity index (χ2v) is 8.24. The van der Waals surface area contributed by atoms with Gasteiger partial charge in [0.15, 0.2) is 0 Å². The number of rotatable bonds is 5. The Morgan fingerprint density at radius 3 is 2.35 bits per heavy atom. The van der Waals surface area contributed by atoms with Crippen LogP contribution in [0.2, 0.25) is 0 Å². The van der Waals surface area contributed by atoms with Crippen molar-refractivity contribution in [2.24, 2.45) is 5.92 Å². The number of aromatic nitrogens is 1. The number of thiazole rings is 1. The summed E-state index contributed by atoms with van der Waals surface area (Å²) >= 11 is 2.00. The molecule has 0 aliphatic heterocycles. The lowest BCUT2D eigenvalue weighted by molar-refractivity contribution is 0.347. The van der Waals surface area contributed by atoms with Crippen LogP contribution in [0.5, 0.6) is 0 Å². The molecule has 0 bridgehead atoms. The Balaban J connectivity index is 1.73. The number of nitrogens with one attached hydrogen (secondary N) is 1. The highest BCUT2D eigenvalue weighted by Gasteiger charge is 2.31. The molecule has 0 spiro atoms. The summed E-state index contributed by atoms with van der Waals surface area (Å²) in [5, 5.41) is 5.02. The average molecular weight is 292 g/mol. The Kier molecular flexibility index (Phi) is 4.46. The fourth-order valence-electron chi connectivity index (χ4n) is 3.16. The summed E-state index contributed by atoms with van der Waals surface area (Å²) in [7, 11) is 0. The zero-order valence-electron chi connectivity index (χ0n) is 13.1. The minimum Gasteiger partial charge on any atom is -0.310 e. The molecule has 0 radical (unpaired) electrons. The van der Waals surface area contributed by atoms with Gasteiger partial charge in [0.05, 0.1) is 10.7 Å². The Bertz CT molecular complexity index is 440. The summed E-state index contributed by atoms with van der Waals surface area (Å²) in [5.74, 6) is 2.46. The van der Waals surface area contributed by atoms with Gasteiger partial charge in [-0.05, 0) is 31.6 Å². The standard InChI is InChI=1S/C17H28N2S/c1-11(2)18-10-15-16(13-8-9-13)19-17(20-15)14-6-4-12(3)5-7-14/h11-14,18H,4-10H2,1-3H3. The van der Waals surface area contributed by atoms with Gasteiger partial charge in [-0.25, -0.2) is 4.98 Å². The third-order valence-electron chi connectivity index (χ3n) is 4.74. The van der Waals surface area contributed by atoms with Crippen LogP contribution in [0.1, 0.15) is 86.7 Å². The highest BCUT2D eigenvalue weighted by atomic mass is 32.1.